The molecule has 0 spiro atoms. The summed E-state index contributed by atoms with van der Waals surface area (Å²) in [5, 5.41) is 0. The normalized spacial score (nSPS) is 17.6. The Balaban J connectivity index is 1.93. The van der Waals surface area contributed by atoms with Gasteiger partial charge in [-0.2, -0.15) is 0 Å². The number of carbonyl (C=O) groups excluding carboxylic acids is 1. The van der Waals surface area contributed by atoms with Gasteiger partial charge in [-0.3, -0.25) is 4.79 Å². The molecule has 0 radical (unpaired) electrons. The molecule has 1 saturated heterocycles. The first-order valence-corrected chi connectivity index (χ1v) is 9.63. The summed E-state index contributed by atoms with van der Waals surface area (Å²) in [5.74, 6) is 1.16. The SMILES string of the molecule is CC(C)CCCO[SiH2]CCCN1CCCCCC1=O. The van der Waals surface area contributed by atoms with Gasteiger partial charge in [0.1, 0.15) is 0 Å². The predicted octanol–water partition coefficient (Wildman–Crippen LogP) is 2.73. The van der Waals surface area contributed by atoms with Crippen LogP contribution in [0.1, 0.15) is 58.8 Å². The van der Waals surface area contributed by atoms with E-state index in [2.05, 4.69) is 18.7 Å². The number of rotatable bonds is 9. The van der Waals surface area contributed by atoms with Crippen molar-refractivity contribution in [2.45, 2.75) is 64.8 Å². The molecule has 0 N–H and O–H groups in total. The first kappa shape index (κ1) is 16.7. The predicted molar refractivity (Wildman–Crippen MR) is 83.0 cm³/mol. The lowest BCUT2D eigenvalue weighted by molar-refractivity contribution is -0.130. The van der Waals surface area contributed by atoms with Crippen LogP contribution < -0.4 is 0 Å². The molecule has 0 aliphatic carbocycles. The van der Waals surface area contributed by atoms with E-state index in [1.807, 2.05) is 0 Å². The van der Waals surface area contributed by atoms with Gasteiger partial charge in [0.2, 0.25) is 5.91 Å². The molecule has 1 heterocycles. The molecule has 0 saturated carbocycles. The summed E-state index contributed by atoms with van der Waals surface area (Å²) >= 11 is 0. The summed E-state index contributed by atoms with van der Waals surface area (Å²) in [5.41, 5.74) is 0. The highest BCUT2D eigenvalue weighted by Gasteiger charge is 2.15. The number of hydrogen-bond donors (Lipinski definition) is 0. The lowest BCUT2D eigenvalue weighted by atomic mass is 10.1. The van der Waals surface area contributed by atoms with Crippen molar-refractivity contribution < 1.29 is 9.22 Å². The van der Waals surface area contributed by atoms with E-state index in [-0.39, 0.29) is 9.76 Å². The average molecular weight is 286 g/mol. The molecule has 1 aliphatic rings. The third kappa shape index (κ3) is 8.42. The first-order valence-electron chi connectivity index (χ1n) is 8.05. The second-order valence-corrected chi connectivity index (χ2v) is 7.57. The molecule has 0 aromatic carbocycles. The molecule has 1 amide bonds. The van der Waals surface area contributed by atoms with Crippen molar-refractivity contribution in [2.24, 2.45) is 5.92 Å². The van der Waals surface area contributed by atoms with Gasteiger partial charge in [0.15, 0.2) is 9.76 Å². The van der Waals surface area contributed by atoms with Crippen LogP contribution in [0.15, 0.2) is 0 Å². The van der Waals surface area contributed by atoms with E-state index in [1.165, 1.54) is 31.7 Å². The Kier molecular flexibility index (Phi) is 9.17. The van der Waals surface area contributed by atoms with Crippen molar-refractivity contribution in [2.75, 3.05) is 19.7 Å². The maximum Gasteiger partial charge on any atom is 0.222 e. The lowest BCUT2D eigenvalue weighted by Crippen LogP contribution is -2.31. The zero-order valence-corrected chi connectivity index (χ0v) is 14.2. The highest BCUT2D eigenvalue weighted by molar-refractivity contribution is 6.26. The van der Waals surface area contributed by atoms with Gasteiger partial charge in [-0.25, -0.2) is 0 Å². The third-order valence-corrected chi connectivity index (χ3v) is 5.07. The summed E-state index contributed by atoms with van der Waals surface area (Å²) in [7, 11) is -0.344. The molecular weight excluding hydrogens is 254 g/mol. The van der Waals surface area contributed by atoms with Crippen molar-refractivity contribution in [3.8, 4) is 0 Å². The fourth-order valence-electron chi connectivity index (χ4n) is 2.48. The smallest absolute Gasteiger partial charge is 0.222 e. The van der Waals surface area contributed by atoms with Crippen LogP contribution >= 0.6 is 0 Å². The molecule has 3 nitrogen and oxygen atoms in total. The van der Waals surface area contributed by atoms with Crippen LogP contribution in [0.3, 0.4) is 0 Å². The highest BCUT2D eigenvalue weighted by atomic mass is 28.2. The van der Waals surface area contributed by atoms with Crippen molar-refractivity contribution in [1.82, 2.24) is 4.90 Å². The first-order chi connectivity index (χ1) is 9.20. The Morgan fingerprint density at radius 2 is 2.11 bits per heavy atom. The molecular formula is C15H31NO2Si. The molecule has 0 aromatic heterocycles. The quantitative estimate of drug-likeness (QED) is 0.481. The fourth-order valence-corrected chi connectivity index (χ4v) is 3.52. The minimum absolute atomic E-state index is 0.344. The maximum absolute atomic E-state index is 11.8. The van der Waals surface area contributed by atoms with E-state index < -0.39 is 0 Å². The number of likely N-dealkylation sites (tertiary alicyclic amines) is 1. The Labute approximate surface area is 121 Å². The van der Waals surface area contributed by atoms with E-state index in [9.17, 15) is 4.79 Å². The van der Waals surface area contributed by atoms with Crippen LogP contribution in [-0.2, 0) is 9.22 Å². The van der Waals surface area contributed by atoms with Crippen LogP contribution in [0.25, 0.3) is 0 Å². The van der Waals surface area contributed by atoms with Gasteiger partial charge in [-0.1, -0.05) is 20.3 Å². The van der Waals surface area contributed by atoms with Crippen LogP contribution in [0, 0.1) is 5.92 Å². The monoisotopic (exact) mass is 285 g/mol. The summed E-state index contributed by atoms with van der Waals surface area (Å²) < 4.78 is 5.76. The Bertz CT molecular complexity index is 246. The van der Waals surface area contributed by atoms with Crippen molar-refractivity contribution in [3.05, 3.63) is 0 Å². The Morgan fingerprint density at radius 3 is 2.89 bits per heavy atom. The van der Waals surface area contributed by atoms with Crippen LogP contribution in [0.2, 0.25) is 6.04 Å². The summed E-state index contributed by atoms with van der Waals surface area (Å²) in [4.78, 5) is 13.9. The van der Waals surface area contributed by atoms with Gasteiger partial charge in [-0.15, -0.1) is 0 Å². The van der Waals surface area contributed by atoms with Gasteiger partial charge in [0.25, 0.3) is 0 Å². The van der Waals surface area contributed by atoms with E-state index in [0.29, 0.717) is 5.91 Å². The maximum atomic E-state index is 11.8. The second-order valence-electron chi connectivity index (χ2n) is 6.05. The molecule has 0 bridgehead atoms. The van der Waals surface area contributed by atoms with Gasteiger partial charge in [0, 0.05) is 26.1 Å². The molecule has 0 unspecified atom stereocenters. The minimum Gasteiger partial charge on any atom is -0.424 e. The van der Waals surface area contributed by atoms with Crippen LogP contribution in [0.5, 0.6) is 0 Å². The molecule has 1 rings (SSSR count). The van der Waals surface area contributed by atoms with E-state index >= 15 is 0 Å². The van der Waals surface area contributed by atoms with Crippen molar-refractivity contribution >= 4 is 15.7 Å². The molecule has 1 aliphatic heterocycles. The molecule has 0 aromatic rings. The number of hydrogen-bond acceptors (Lipinski definition) is 2. The highest BCUT2D eigenvalue weighted by Crippen LogP contribution is 2.11. The third-order valence-electron chi connectivity index (χ3n) is 3.71. The van der Waals surface area contributed by atoms with Crippen LogP contribution in [0.4, 0.5) is 0 Å². The molecule has 4 heteroatoms. The second kappa shape index (κ2) is 10.4. The number of carbonyl (C=O) groups is 1. The zero-order valence-electron chi connectivity index (χ0n) is 12.8. The van der Waals surface area contributed by atoms with Crippen molar-refractivity contribution in [1.29, 1.82) is 0 Å². The largest absolute Gasteiger partial charge is 0.424 e. The standard InChI is InChI=1S/C15H31NO2Si/c1-14(2)8-6-12-18-19-13-7-11-16-10-5-3-4-9-15(16)17/h14H,3-13,19H2,1-2H3. The summed E-state index contributed by atoms with van der Waals surface area (Å²) in [6.45, 7) is 7.41. The molecule has 1 fully saturated rings. The van der Waals surface area contributed by atoms with E-state index in [0.717, 1.165) is 44.9 Å². The van der Waals surface area contributed by atoms with Gasteiger partial charge >= 0.3 is 0 Å². The average Bonchev–Trinajstić information content (AvgIpc) is 2.57. The molecule has 112 valence electrons. The number of nitrogens with zero attached hydrogens (tertiary/aromatic N) is 1. The number of amides is 1. The van der Waals surface area contributed by atoms with Gasteiger partial charge in [0.05, 0.1) is 0 Å². The summed E-state index contributed by atoms with van der Waals surface area (Å²) in [6, 6.07) is 1.21. The van der Waals surface area contributed by atoms with Crippen molar-refractivity contribution in [3.63, 3.8) is 0 Å². The topological polar surface area (TPSA) is 29.5 Å². The summed E-state index contributed by atoms with van der Waals surface area (Å²) in [6.07, 6.45) is 7.88. The van der Waals surface area contributed by atoms with Gasteiger partial charge < -0.3 is 9.33 Å². The Morgan fingerprint density at radius 1 is 1.26 bits per heavy atom. The van der Waals surface area contributed by atoms with Gasteiger partial charge in [-0.05, 0) is 44.1 Å². The van der Waals surface area contributed by atoms with Crippen LogP contribution in [-0.4, -0.2) is 40.3 Å². The molecule has 19 heavy (non-hydrogen) atoms. The molecule has 0 atom stereocenters. The minimum atomic E-state index is -0.344. The zero-order chi connectivity index (χ0) is 13.9. The Hall–Kier alpha value is -0.353. The van der Waals surface area contributed by atoms with E-state index in [1.54, 1.807) is 0 Å². The fraction of sp³-hybridized carbons (Fsp3) is 0.933. The van der Waals surface area contributed by atoms with E-state index in [4.69, 9.17) is 4.43 Å². The lowest BCUT2D eigenvalue weighted by Gasteiger charge is -2.20.